The maximum atomic E-state index is 10.7. The Labute approximate surface area is 94.6 Å². The van der Waals surface area contributed by atoms with Crippen molar-refractivity contribution in [1.82, 2.24) is 0 Å². The molecule has 1 aromatic carbocycles. The molecule has 0 unspecified atom stereocenters. The van der Waals surface area contributed by atoms with Crippen molar-refractivity contribution >= 4 is 10.1 Å². The average Bonchev–Trinajstić information content (AvgIpc) is 2.24. The Bertz CT molecular complexity index is 493. The summed E-state index contributed by atoms with van der Waals surface area (Å²) >= 11 is 0. The van der Waals surface area contributed by atoms with Crippen LogP contribution < -0.4 is 4.74 Å². The van der Waals surface area contributed by atoms with Gasteiger partial charge in [0.1, 0.15) is 12.4 Å². The van der Waals surface area contributed by atoms with E-state index in [1.807, 2.05) is 6.92 Å². The first kappa shape index (κ1) is 12.5. The zero-order valence-electron chi connectivity index (χ0n) is 8.75. The van der Waals surface area contributed by atoms with Crippen molar-refractivity contribution in [3.8, 4) is 5.75 Å². The minimum absolute atomic E-state index is 0.149. The zero-order chi connectivity index (χ0) is 12.0. The van der Waals surface area contributed by atoms with E-state index in [-0.39, 0.29) is 4.90 Å². The number of hydrogen-bond donors (Lipinski definition) is 1. The molecule has 0 spiro atoms. The zero-order valence-corrected chi connectivity index (χ0v) is 9.57. The van der Waals surface area contributed by atoms with Crippen molar-refractivity contribution in [2.45, 2.75) is 11.8 Å². The minimum Gasteiger partial charge on any atom is -0.489 e. The van der Waals surface area contributed by atoms with Gasteiger partial charge in [-0.05, 0) is 43.3 Å². The van der Waals surface area contributed by atoms with E-state index >= 15 is 0 Å². The van der Waals surface area contributed by atoms with E-state index in [4.69, 9.17) is 9.29 Å². The molecular weight excluding hydrogens is 228 g/mol. The third-order valence-electron chi connectivity index (χ3n) is 1.74. The molecule has 0 heterocycles. The maximum Gasteiger partial charge on any atom is 0.294 e. The lowest BCUT2D eigenvalue weighted by Gasteiger charge is -2.02. The van der Waals surface area contributed by atoms with Crippen molar-refractivity contribution < 1.29 is 17.7 Å². The first-order valence-electron chi connectivity index (χ1n) is 4.60. The molecule has 0 atom stereocenters. The number of ether oxygens (including phenoxy) is 1. The third kappa shape index (κ3) is 3.90. The van der Waals surface area contributed by atoms with Crippen LogP contribution in [0.5, 0.6) is 5.75 Å². The van der Waals surface area contributed by atoms with Crippen LogP contribution in [0.25, 0.3) is 0 Å². The summed E-state index contributed by atoms with van der Waals surface area (Å²) in [6, 6.07) is 5.52. The van der Waals surface area contributed by atoms with Gasteiger partial charge in [0.05, 0.1) is 4.90 Å². The molecule has 0 aliphatic heterocycles. The van der Waals surface area contributed by atoms with Gasteiger partial charge in [-0.2, -0.15) is 8.42 Å². The number of hydrogen-bond acceptors (Lipinski definition) is 3. The van der Waals surface area contributed by atoms with Gasteiger partial charge in [-0.15, -0.1) is 5.73 Å². The summed E-state index contributed by atoms with van der Waals surface area (Å²) < 4.78 is 35.5. The quantitative estimate of drug-likeness (QED) is 0.646. The van der Waals surface area contributed by atoms with Crippen LogP contribution in [0.15, 0.2) is 47.0 Å². The first-order valence-corrected chi connectivity index (χ1v) is 6.04. The van der Waals surface area contributed by atoms with Crippen molar-refractivity contribution in [2.24, 2.45) is 0 Å². The highest BCUT2D eigenvalue weighted by Gasteiger charge is 2.08. The highest BCUT2D eigenvalue weighted by molar-refractivity contribution is 7.85. The Balaban J connectivity index is 2.69. The molecule has 0 radical (unpaired) electrons. The Morgan fingerprint density at radius 1 is 1.38 bits per heavy atom. The Kier molecular flexibility index (Phi) is 4.31. The maximum absolute atomic E-state index is 10.7. The van der Waals surface area contributed by atoms with Crippen LogP contribution in [-0.4, -0.2) is 19.6 Å². The molecular formula is C11H12O4S. The molecule has 16 heavy (non-hydrogen) atoms. The molecule has 0 bridgehead atoms. The second kappa shape index (κ2) is 5.51. The molecule has 0 aromatic heterocycles. The third-order valence-corrected chi connectivity index (χ3v) is 2.61. The molecule has 5 heteroatoms. The van der Waals surface area contributed by atoms with Crippen molar-refractivity contribution in [2.75, 3.05) is 6.61 Å². The van der Waals surface area contributed by atoms with Gasteiger partial charge in [0.2, 0.25) is 0 Å². The summed E-state index contributed by atoms with van der Waals surface area (Å²) in [5.74, 6) is 0.529. The lowest BCUT2D eigenvalue weighted by molar-refractivity contribution is 0.362. The molecule has 1 N–H and O–H groups in total. The van der Waals surface area contributed by atoms with Crippen LogP contribution in [0, 0.1) is 0 Å². The van der Waals surface area contributed by atoms with Crippen molar-refractivity contribution in [3.63, 3.8) is 0 Å². The van der Waals surface area contributed by atoms with Gasteiger partial charge in [0.15, 0.2) is 0 Å². The second-order valence-corrected chi connectivity index (χ2v) is 4.34. The Morgan fingerprint density at radius 2 is 2.00 bits per heavy atom. The van der Waals surface area contributed by atoms with E-state index in [1.54, 1.807) is 12.2 Å². The van der Waals surface area contributed by atoms with Crippen LogP contribution in [0.4, 0.5) is 0 Å². The fraction of sp³-hybridized carbons (Fsp3) is 0.182. The Morgan fingerprint density at radius 3 is 2.50 bits per heavy atom. The highest BCUT2D eigenvalue weighted by atomic mass is 32.2. The molecule has 0 amide bonds. The van der Waals surface area contributed by atoms with Gasteiger partial charge in [-0.25, -0.2) is 0 Å². The standard InChI is InChI=1S/C11H12O4S/c1-2-3-4-9-15-10-5-7-11(8-6-10)16(12,13)14/h2,4-8H,9H2,1H3,(H,12,13,14). The van der Waals surface area contributed by atoms with E-state index in [0.717, 1.165) is 0 Å². The van der Waals surface area contributed by atoms with Gasteiger partial charge in [-0.3, -0.25) is 4.55 Å². The van der Waals surface area contributed by atoms with E-state index in [1.165, 1.54) is 24.3 Å². The van der Waals surface area contributed by atoms with E-state index < -0.39 is 10.1 Å². The van der Waals surface area contributed by atoms with Crippen LogP contribution in [0.2, 0.25) is 0 Å². The second-order valence-electron chi connectivity index (χ2n) is 2.92. The predicted molar refractivity (Wildman–Crippen MR) is 60.1 cm³/mol. The minimum atomic E-state index is -4.13. The summed E-state index contributed by atoms with van der Waals surface area (Å²) in [6.45, 7) is 2.20. The first-order chi connectivity index (χ1) is 7.54. The largest absolute Gasteiger partial charge is 0.489 e. The molecule has 1 rings (SSSR count). The van der Waals surface area contributed by atoms with Crippen LogP contribution in [-0.2, 0) is 10.1 Å². The van der Waals surface area contributed by atoms with Gasteiger partial charge >= 0.3 is 0 Å². The van der Waals surface area contributed by atoms with Crippen LogP contribution in [0.1, 0.15) is 6.92 Å². The molecule has 1 aromatic rings. The molecule has 0 fully saturated rings. The van der Waals surface area contributed by atoms with Crippen molar-refractivity contribution in [1.29, 1.82) is 0 Å². The average molecular weight is 240 g/mol. The van der Waals surface area contributed by atoms with Gasteiger partial charge in [-0.1, -0.05) is 0 Å². The van der Waals surface area contributed by atoms with Crippen molar-refractivity contribution in [3.05, 3.63) is 42.1 Å². The molecule has 86 valence electrons. The number of benzene rings is 1. The molecule has 0 aliphatic carbocycles. The summed E-state index contributed by atoms with van der Waals surface area (Å²) in [5.41, 5.74) is 2.84. The summed E-state index contributed by atoms with van der Waals surface area (Å²) in [6.07, 6.45) is 3.46. The van der Waals surface area contributed by atoms with Crippen LogP contribution in [0.3, 0.4) is 0 Å². The van der Waals surface area contributed by atoms with E-state index in [2.05, 4.69) is 5.73 Å². The summed E-state index contributed by atoms with van der Waals surface area (Å²) in [5, 5.41) is 0. The highest BCUT2D eigenvalue weighted by Crippen LogP contribution is 2.15. The van der Waals surface area contributed by atoms with E-state index in [9.17, 15) is 8.42 Å². The predicted octanol–water partition coefficient (Wildman–Crippen LogP) is 2.04. The summed E-state index contributed by atoms with van der Waals surface area (Å²) in [4.78, 5) is -0.149. The normalized spacial score (nSPS) is 10.4. The summed E-state index contributed by atoms with van der Waals surface area (Å²) in [7, 11) is -4.13. The van der Waals surface area contributed by atoms with Gasteiger partial charge < -0.3 is 4.74 Å². The molecule has 0 saturated heterocycles. The van der Waals surface area contributed by atoms with Gasteiger partial charge in [0.25, 0.3) is 10.1 Å². The molecule has 0 saturated carbocycles. The monoisotopic (exact) mass is 240 g/mol. The number of rotatable bonds is 4. The fourth-order valence-electron chi connectivity index (χ4n) is 1.01. The SMILES string of the molecule is CC=C=CCOc1ccc(S(=O)(=O)O)cc1. The lowest BCUT2D eigenvalue weighted by atomic mass is 10.3. The van der Waals surface area contributed by atoms with Crippen LogP contribution >= 0.6 is 0 Å². The fourth-order valence-corrected chi connectivity index (χ4v) is 1.49. The molecule has 0 aliphatic rings. The topological polar surface area (TPSA) is 63.6 Å². The van der Waals surface area contributed by atoms with E-state index in [0.29, 0.717) is 12.4 Å². The van der Waals surface area contributed by atoms with Gasteiger partial charge in [0, 0.05) is 0 Å². The lowest BCUT2D eigenvalue weighted by Crippen LogP contribution is -1.98. The smallest absolute Gasteiger partial charge is 0.294 e. The Hall–Kier alpha value is -1.55. The molecule has 4 nitrogen and oxygen atoms in total.